The van der Waals surface area contributed by atoms with Crippen molar-refractivity contribution in [2.75, 3.05) is 19.6 Å². The molecule has 0 saturated carbocycles. The Kier molecular flexibility index (Phi) is 6.06. The normalized spacial score (nSPS) is 16.2. The number of halogens is 2. The number of nitrogens with one attached hydrogen (secondary N) is 2. The number of urea groups is 1. The second-order valence-electron chi connectivity index (χ2n) is 5.75. The third kappa shape index (κ3) is 4.37. The first kappa shape index (κ1) is 19.0. The molecule has 0 atom stereocenters. The van der Waals surface area contributed by atoms with Crippen LogP contribution in [-0.2, 0) is 10.0 Å². The molecule has 0 spiro atoms. The van der Waals surface area contributed by atoms with E-state index in [9.17, 15) is 17.6 Å². The molecular weight excluding hydrogens is 357 g/mol. The number of rotatable bonds is 4. The second kappa shape index (κ2) is 7.67. The van der Waals surface area contributed by atoms with Crippen LogP contribution in [0.15, 0.2) is 17.0 Å². The molecule has 0 bridgehead atoms. The summed E-state index contributed by atoms with van der Waals surface area (Å²) in [5.74, 6) is -0.547. The number of piperidine rings is 1. The Bertz CT molecular complexity index is 719. The van der Waals surface area contributed by atoms with Crippen LogP contribution in [0, 0.1) is 12.7 Å². The molecule has 2 N–H and O–H groups in total. The monoisotopic (exact) mass is 377 g/mol. The summed E-state index contributed by atoms with van der Waals surface area (Å²) in [5, 5.41) is 2.57. The summed E-state index contributed by atoms with van der Waals surface area (Å²) in [4.78, 5) is 13.3. The number of aryl methyl sites for hydroxylation is 1. The van der Waals surface area contributed by atoms with E-state index in [2.05, 4.69) is 10.0 Å². The number of hydrogen-bond donors (Lipinski definition) is 2. The lowest BCUT2D eigenvalue weighted by molar-refractivity contribution is 0.180. The summed E-state index contributed by atoms with van der Waals surface area (Å²) in [7, 11) is -3.85. The van der Waals surface area contributed by atoms with Crippen molar-refractivity contribution in [3.63, 3.8) is 0 Å². The van der Waals surface area contributed by atoms with E-state index in [-0.39, 0.29) is 27.6 Å². The summed E-state index contributed by atoms with van der Waals surface area (Å²) >= 11 is 5.88. The first-order chi connectivity index (χ1) is 11.2. The molecule has 1 aromatic rings. The summed E-state index contributed by atoms with van der Waals surface area (Å²) in [6.45, 7) is 4.81. The Labute approximate surface area is 146 Å². The van der Waals surface area contributed by atoms with Gasteiger partial charge in [0, 0.05) is 25.7 Å². The minimum absolute atomic E-state index is 0.130. The van der Waals surface area contributed by atoms with Gasteiger partial charge in [-0.15, -0.1) is 0 Å². The van der Waals surface area contributed by atoms with Crippen LogP contribution in [0.25, 0.3) is 0 Å². The Morgan fingerprint density at radius 3 is 2.58 bits per heavy atom. The number of benzene rings is 1. The van der Waals surface area contributed by atoms with E-state index in [1.165, 1.54) is 13.0 Å². The number of nitrogens with zero attached hydrogens (tertiary/aromatic N) is 1. The number of hydrogen-bond acceptors (Lipinski definition) is 3. The number of amides is 2. The molecule has 0 aromatic heterocycles. The van der Waals surface area contributed by atoms with Crippen molar-refractivity contribution in [1.82, 2.24) is 14.9 Å². The van der Waals surface area contributed by atoms with Crippen molar-refractivity contribution in [1.29, 1.82) is 0 Å². The largest absolute Gasteiger partial charge is 0.338 e. The van der Waals surface area contributed by atoms with Gasteiger partial charge in [-0.3, -0.25) is 0 Å². The predicted molar refractivity (Wildman–Crippen MR) is 90.1 cm³/mol. The van der Waals surface area contributed by atoms with Gasteiger partial charge in [-0.25, -0.2) is 22.3 Å². The van der Waals surface area contributed by atoms with Crippen LogP contribution < -0.4 is 10.0 Å². The number of sulfonamides is 1. The molecule has 1 heterocycles. The van der Waals surface area contributed by atoms with Gasteiger partial charge in [0.25, 0.3) is 0 Å². The van der Waals surface area contributed by atoms with E-state index in [1.807, 2.05) is 6.92 Å². The number of carbonyl (C=O) groups is 1. The highest BCUT2D eigenvalue weighted by Crippen LogP contribution is 2.25. The zero-order chi connectivity index (χ0) is 17.9. The second-order valence-corrected chi connectivity index (χ2v) is 7.84. The van der Waals surface area contributed by atoms with Gasteiger partial charge >= 0.3 is 6.03 Å². The van der Waals surface area contributed by atoms with Crippen molar-refractivity contribution in [3.05, 3.63) is 28.5 Å². The lowest BCUT2D eigenvalue weighted by Crippen LogP contribution is -2.49. The van der Waals surface area contributed by atoms with Gasteiger partial charge in [0.05, 0.1) is 5.02 Å². The number of carbonyl (C=O) groups excluding carboxylic acids is 1. The standard InChI is InChI=1S/C15H21ClFN3O3S/c1-3-18-15(21)20-6-4-11(5-7-20)19-24(22,23)14-8-10(2)13(17)9-12(14)16/h8-9,11,19H,3-7H2,1-2H3,(H,18,21). The van der Waals surface area contributed by atoms with Crippen LogP contribution in [0.5, 0.6) is 0 Å². The van der Waals surface area contributed by atoms with E-state index in [0.717, 1.165) is 6.07 Å². The topological polar surface area (TPSA) is 78.5 Å². The summed E-state index contributed by atoms with van der Waals surface area (Å²) in [6.07, 6.45) is 1.02. The molecule has 6 nitrogen and oxygen atoms in total. The molecule has 0 unspecified atom stereocenters. The van der Waals surface area contributed by atoms with Crippen molar-refractivity contribution in [3.8, 4) is 0 Å². The van der Waals surface area contributed by atoms with Gasteiger partial charge < -0.3 is 10.2 Å². The molecule has 1 saturated heterocycles. The van der Waals surface area contributed by atoms with E-state index in [1.54, 1.807) is 4.90 Å². The summed E-state index contributed by atoms with van der Waals surface area (Å²) in [5.41, 5.74) is 0.214. The predicted octanol–water partition coefficient (Wildman–Crippen LogP) is 2.26. The molecule has 1 fully saturated rings. The fraction of sp³-hybridized carbons (Fsp3) is 0.533. The van der Waals surface area contributed by atoms with Crippen molar-refractivity contribution in [2.24, 2.45) is 0 Å². The Morgan fingerprint density at radius 1 is 1.38 bits per heavy atom. The third-order valence-corrected chi connectivity index (χ3v) is 5.92. The van der Waals surface area contributed by atoms with Crippen LogP contribution in [-0.4, -0.2) is 45.0 Å². The zero-order valence-corrected chi connectivity index (χ0v) is 15.2. The molecule has 134 valence electrons. The fourth-order valence-corrected chi connectivity index (χ4v) is 4.49. The maximum Gasteiger partial charge on any atom is 0.317 e. The summed E-state index contributed by atoms with van der Waals surface area (Å²) in [6, 6.07) is 1.80. The molecule has 1 aromatic carbocycles. The van der Waals surface area contributed by atoms with Gasteiger partial charge in [0.2, 0.25) is 10.0 Å². The van der Waals surface area contributed by atoms with Gasteiger partial charge in [0.1, 0.15) is 10.7 Å². The highest BCUT2D eigenvalue weighted by atomic mass is 35.5. The van der Waals surface area contributed by atoms with E-state index < -0.39 is 15.8 Å². The van der Waals surface area contributed by atoms with E-state index >= 15 is 0 Å². The number of likely N-dealkylation sites (tertiary alicyclic amines) is 1. The van der Waals surface area contributed by atoms with Crippen LogP contribution in [0.3, 0.4) is 0 Å². The quantitative estimate of drug-likeness (QED) is 0.844. The van der Waals surface area contributed by atoms with Crippen LogP contribution in [0.2, 0.25) is 5.02 Å². The lowest BCUT2D eigenvalue weighted by atomic mass is 10.1. The molecule has 0 aliphatic carbocycles. The minimum atomic E-state index is -3.85. The average molecular weight is 378 g/mol. The molecule has 24 heavy (non-hydrogen) atoms. The highest BCUT2D eigenvalue weighted by Gasteiger charge is 2.28. The molecule has 9 heteroatoms. The lowest BCUT2D eigenvalue weighted by Gasteiger charge is -2.32. The first-order valence-electron chi connectivity index (χ1n) is 7.75. The molecule has 1 aliphatic heterocycles. The van der Waals surface area contributed by atoms with Crippen molar-refractivity contribution < 1.29 is 17.6 Å². The average Bonchev–Trinajstić information content (AvgIpc) is 2.51. The van der Waals surface area contributed by atoms with Gasteiger partial charge in [-0.2, -0.15) is 0 Å². The molecule has 2 rings (SSSR count). The fourth-order valence-electron chi connectivity index (χ4n) is 2.58. The molecule has 2 amide bonds. The Balaban J connectivity index is 2.04. The van der Waals surface area contributed by atoms with Crippen molar-refractivity contribution >= 4 is 27.7 Å². The van der Waals surface area contributed by atoms with E-state index in [4.69, 9.17) is 11.6 Å². The minimum Gasteiger partial charge on any atom is -0.338 e. The summed E-state index contributed by atoms with van der Waals surface area (Å²) < 4.78 is 41.0. The van der Waals surface area contributed by atoms with Gasteiger partial charge in [-0.1, -0.05) is 11.6 Å². The van der Waals surface area contributed by atoms with Gasteiger partial charge in [-0.05, 0) is 44.4 Å². The maximum atomic E-state index is 13.4. The Morgan fingerprint density at radius 2 is 2.00 bits per heavy atom. The van der Waals surface area contributed by atoms with Gasteiger partial charge in [0.15, 0.2) is 0 Å². The van der Waals surface area contributed by atoms with E-state index in [0.29, 0.717) is 32.5 Å². The van der Waals surface area contributed by atoms with Crippen molar-refractivity contribution in [2.45, 2.75) is 37.6 Å². The third-order valence-electron chi connectivity index (χ3n) is 3.93. The SMILES string of the molecule is CCNC(=O)N1CCC(NS(=O)(=O)c2cc(C)c(F)cc2Cl)CC1. The molecule has 0 radical (unpaired) electrons. The molecular formula is C15H21ClFN3O3S. The smallest absolute Gasteiger partial charge is 0.317 e. The van der Waals surface area contributed by atoms with Crippen LogP contribution in [0.4, 0.5) is 9.18 Å². The molecule has 1 aliphatic rings. The first-order valence-corrected chi connectivity index (χ1v) is 9.61. The maximum absolute atomic E-state index is 13.4. The zero-order valence-electron chi connectivity index (χ0n) is 13.6. The Hall–Kier alpha value is -1.38. The van der Waals surface area contributed by atoms with Crippen LogP contribution in [0.1, 0.15) is 25.3 Å². The highest BCUT2D eigenvalue weighted by molar-refractivity contribution is 7.89. The van der Waals surface area contributed by atoms with Crippen LogP contribution >= 0.6 is 11.6 Å².